The highest BCUT2D eigenvalue weighted by atomic mass is 16.2. The van der Waals surface area contributed by atoms with Crippen LogP contribution in [0.3, 0.4) is 0 Å². The van der Waals surface area contributed by atoms with E-state index in [-0.39, 0.29) is 11.8 Å². The normalized spacial score (nSPS) is 28.2. The van der Waals surface area contributed by atoms with Crippen LogP contribution in [0.2, 0.25) is 0 Å². The molecule has 24 heavy (non-hydrogen) atoms. The van der Waals surface area contributed by atoms with Gasteiger partial charge in [-0.15, -0.1) is 0 Å². The van der Waals surface area contributed by atoms with Gasteiger partial charge >= 0.3 is 0 Å². The second-order valence-corrected chi connectivity index (χ2v) is 7.70. The third kappa shape index (κ3) is 4.09. The molecular formula is C18H32N4O2. The molecule has 6 heteroatoms. The Labute approximate surface area is 145 Å². The summed E-state index contributed by atoms with van der Waals surface area (Å²) in [5.41, 5.74) is 0. The number of nitrogens with zero attached hydrogens (tertiary/aromatic N) is 4. The van der Waals surface area contributed by atoms with Crippen molar-refractivity contribution < 1.29 is 9.59 Å². The molecule has 6 nitrogen and oxygen atoms in total. The average Bonchev–Trinajstić information content (AvgIpc) is 2.62. The van der Waals surface area contributed by atoms with Gasteiger partial charge in [0.15, 0.2) is 0 Å². The zero-order valence-corrected chi connectivity index (χ0v) is 15.2. The minimum atomic E-state index is 0.174. The number of carbonyl (C=O) groups excluding carboxylic acids is 2. The van der Waals surface area contributed by atoms with Gasteiger partial charge in [0.05, 0.1) is 5.92 Å². The van der Waals surface area contributed by atoms with Crippen LogP contribution in [0.4, 0.5) is 0 Å². The van der Waals surface area contributed by atoms with Crippen molar-refractivity contribution in [3.63, 3.8) is 0 Å². The number of rotatable bonds is 2. The number of piperidine rings is 2. The smallest absolute Gasteiger partial charge is 0.227 e. The Bertz CT molecular complexity index is 454. The predicted molar refractivity (Wildman–Crippen MR) is 93.7 cm³/mol. The molecule has 0 spiro atoms. The van der Waals surface area contributed by atoms with E-state index in [2.05, 4.69) is 21.7 Å². The average molecular weight is 336 g/mol. The molecule has 0 bridgehead atoms. The van der Waals surface area contributed by atoms with Gasteiger partial charge < -0.3 is 14.7 Å². The monoisotopic (exact) mass is 336 g/mol. The Morgan fingerprint density at radius 1 is 0.833 bits per heavy atom. The van der Waals surface area contributed by atoms with Gasteiger partial charge in [0.2, 0.25) is 11.8 Å². The van der Waals surface area contributed by atoms with E-state index in [1.165, 1.54) is 0 Å². The van der Waals surface area contributed by atoms with Gasteiger partial charge in [0, 0.05) is 58.8 Å². The summed E-state index contributed by atoms with van der Waals surface area (Å²) in [5, 5.41) is 0. The van der Waals surface area contributed by atoms with Crippen LogP contribution in [0.15, 0.2) is 0 Å². The number of carbonyl (C=O) groups is 2. The van der Waals surface area contributed by atoms with Gasteiger partial charge in [0.1, 0.15) is 0 Å². The second-order valence-electron chi connectivity index (χ2n) is 7.70. The Morgan fingerprint density at radius 3 is 2.12 bits per heavy atom. The summed E-state index contributed by atoms with van der Waals surface area (Å²) in [6, 6.07) is 0.545. The van der Waals surface area contributed by atoms with Crippen molar-refractivity contribution in [3.05, 3.63) is 0 Å². The van der Waals surface area contributed by atoms with Gasteiger partial charge in [-0.3, -0.25) is 14.5 Å². The standard InChI is InChI=1S/C18H32N4O2/c1-15(23)20-8-5-17(6-9-20)22-7-3-4-16(14-22)18(24)21-12-10-19(2)11-13-21/h16-17H,3-14H2,1-2H3/t16-/m0/s1. The van der Waals surface area contributed by atoms with Crippen LogP contribution in [0.25, 0.3) is 0 Å². The lowest BCUT2D eigenvalue weighted by molar-refractivity contribution is -0.139. The minimum absolute atomic E-state index is 0.174. The van der Waals surface area contributed by atoms with Crippen molar-refractivity contribution in [2.24, 2.45) is 5.92 Å². The first kappa shape index (κ1) is 17.7. The molecule has 0 radical (unpaired) electrons. The summed E-state index contributed by atoms with van der Waals surface area (Å²) in [6.07, 6.45) is 4.26. The molecular weight excluding hydrogens is 304 g/mol. The van der Waals surface area contributed by atoms with Gasteiger partial charge in [-0.2, -0.15) is 0 Å². The number of likely N-dealkylation sites (tertiary alicyclic amines) is 2. The zero-order chi connectivity index (χ0) is 17.1. The SMILES string of the molecule is CC(=O)N1CCC(N2CCC[C@H](C(=O)N3CCN(C)CC3)C2)CC1. The first-order chi connectivity index (χ1) is 11.5. The summed E-state index contributed by atoms with van der Waals surface area (Å²) < 4.78 is 0. The second kappa shape index (κ2) is 7.83. The van der Waals surface area contributed by atoms with E-state index in [1.54, 1.807) is 6.92 Å². The fraction of sp³-hybridized carbons (Fsp3) is 0.889. The van der Waals surface area contributed by atoms with Crippen LogP contribution in [-0.2, 0) is 9.59 Å². The molecule has 3 rings (SSSR count). The predicted octanol–water partition coefficient (Wildman–Crippen LogP) is 0.483. The third-order valence-electron chi connectivity index (χ3n) is 6.04. The number of hydrogen-bond donors (Lipinski definition) is 0. The summed E-state index contributed by atoms with van der Waals surface area (Å²) in [5.74, 6) is 0.733. The van der Waals surface area contributed by atoms with Crippen molar-refractivity contribution >= 4 is 11.8 Å². The maximum atomic E-state index is 12.9. The Morgan fingerprint density at radius 2 is 1.50 bits per heavy atom. The summed E-state index contributed by atoms with van der Waals surface area (Å²) in [7, 11) is 2.12. The number of piperazine rings is 1. The van der Waals surface area contributed by atoms with E-state index in [9.17, 15) is 9.59 Å². The highest BCUT2D eigenvalue weighted by Crippen LogP contribution is 2.25. The first-order valence-electron chi connectivity index (χ1n) is 9.51. The largest absolute Gasteiger partial charge is 0.343 e. The Balaban J connectivity index is 1.51. The molecule has 0 N–H and O–H groups in total. The fourth-order valence-electron chi connectivity index (χ4n) is 4.37. The van der Waals surface area contributed by atoms with E-state index >= 15 is 0 Å². The van der Waals surface area contributed by atoms with E-state index in [4.69, 9.17) is 0 Å². The Hall–Kier alpha value is -1.14. The zero-order valence-electron chi connectivity index (χ0n) is 15.2. The van der Waals surface area contributed by atoms with E-state index in [1.807, 2.05) is 4.90 Å². The summed E-state index contributed by atoms with van der Waals surface area (Å²) in [4.78, 5) is 33.2. The summed E-state index contributed by atoms with van der Waals surface area (Å²) in [6.45, 7) is 9.16. The molecule has 136 valence electrons. The highest BCUT2D eigenvalue weighted by molar-refractivity contribution is 5.79. The van der Waals surface area contributed by atoms with E-state index in [0.717, 1.165) is 78.0 Å². The molecule has 0 saturated carbocycles. The molecule has 3 fully saturated rings. The van der Waals surface area contributed by atoms with Crippen molar-refractivity contribution in [2.75, 3.05) is 59.4 Å². The lowest BCUT2D eigenvalue weighted by atomic mass is 9.92. The Kier molecular flexibility index (Phi) is 5.76. The van der Waals surface area contributed by atoms with Crippen LogP contribution in [0, 0.1) is 5.92 Å². The molecule has 1 atom stereocenters. The number of likely N-dealkylation sites (N-methyl/N-ethyl adjacent to an activating group) is 1. The molecule has 0 aromatic carbocycles. The molecule has 3 heterocycles. The van der Waals surface area contributed by atoms with Crippen molar-refractivity contribution in [2.45, 2.75) is 38.6 Å². The highest BCUT2D eigenvalue weighted by Gasteiger charge is 2.34. The maximum Gasteiger partial charge on any atom is 0.227 e. The first-order valence-corrected chi connectivity index (χ1v) is 9.51. The minimum Gasteiger partial charge on any atom is -0.343 e. The fourth-order valence-corrected chi connectivity index (χ4v) is 4.37. The number of hydrogen-bond acceptors (Lipinski definition) is 4. The van der Waals surface area contributed by atoms with E-state index < -0.39 is 0 Å². The molecule has 3 aliphatic heterocycles. The van der Waals surface area contributed by atoms with Crippen LogP contribution in [0.5, 0.6) is 0 Å². The lowest BCUT2D eigenvalue weighted by Crippen LogP contribution is -2.54. The topological polar surface area (TPSA) is 47.1 Å². The van der Waals surface area contributed by atoms with Gasteiger partial charge in [-0.25, -0.2) is 0 Å². The van der Waals surface area contributed by atoms with Crippen LogP contribution in [0.1, 0.15) is 32.6 Å². The molecule has 0 aromatic rings. The molecule has 0 aromatic heterocycles. The van der Waals surface area contributed by atoms with E-state index in [0.29, 0.717) is 11.9 Å². The third-order valence-corrected chi connectivity index (χ3v) is 6.04. The van der Waals surface area contributed by atoms with Crippen molar-refractivity contribution in [1.29, 1.82) is 0 Å². The quantitative estimate of drug-likeness (QED) is 0.736. The maximum absolute atomic E-state index is 12.9. The number of amides is 2. The van der Waals surface area contributed by atoms with Gasteiger partial charge in [-0.1, -0.05) is 0 Å². The van der Waals surface area contributed by atoms with Gasteiger partial charge in [-0.05, 0) is 39.3 Å². The van der Waals surface area contributed by atoms with Crippen LogP contribution in [-0.4, -0.2) is 96.9 Å². The molecule has 0 unspecified atom stereocenters. The summed E-state index contributed by atoms with van der Waals surface area (Å²) >= 11 is 0. The lowest BCUT2D eigenvalue weighted by Gasteiger charge is -2.43. The van der Waals surface area contributed by atoms with Crippen molar-refractivity contribution in [1.82, 2.24) is 19.6 Å². The van der Waals surface area contributed by atoms with Crippen LogP contribution < -0.4 is 0 Å². The molecule has 0 aliphatic carbocycles. The molecule has 3 aliphatic rings. The molecule has 2 amide bonds. The van der Waals surface area contributed by atoms with Crippen LogP contribution >= 0.6 is 0 Å². The van der Waals surface area contributed by atoms with Crippen molar-refractivity contribution in [3.8, 4) is 0 Å². The molecule has 3 saturated heterocycles. The van der Waals surface area contributed by atoms with Gasteiger partial charge in [0.25, 0.3) is 0 Å².